The van der Waals surface area contributed by atoms with Crippen LogP contribution in [0.4, 0.5) is 17.3 Å². The van der Waals surface area contributed by atoms with Crippen LogP contribution in [0.25, 0.3) is 0 Å². The number of carbonyl (C=O) groups is 1. The maximum Gasteiger partial charge on any atom is 0.264 e. The topological polar surface area (TPSA) is 94.6 Å². The van der Waals surface area contributed by atoms with Crippen LogP contribution in [0.15, 0.2) is 54.6 Å². The summed E-state index contributed by atoms with van der Waals surface area (Å²) in [6, 6.07) is 15.9. The monoisotopic (exact) mass is 380 g/mol. The van der Waals surface area contributed by atoms with E-state index in [2.05, 4.69) is 20.8 Å². The lowest BCUT2D eigenvalue weighted by Crippen LogP contribution is -2.15. The fourth-order valence-electron chi connectivity index (χ4n) is 2.57. The third-order valence-corrected chi connectivity index (χ3v) is 3.90. The lowest BCUT2D eigenvalue weighted by atomic mass is 10.1. The Bertz CT molecular complexity index is 938. The second-order valence-corrected chi connectivity index (χ2v) is 5.65. The molecule has 0 bridgehead atoms. The van der Waals surface area contributed by atoms with E-state index >= 15 is 0 Å². The van der Waals surface area contributed by atoms with Gasteiger partial charge in [0, 0.05) is 11.8 Å². The van der Waals surface area contributed by atoms with Gasteiger partial charge < -0.3 is 24.8 Å². The van der Waals surface area contributed by atoms with Crippen molar-refractivity contribution >= 4 is 23.2 Å². The molecule has 0 aliphatic heterocycles. The van der Waals surface area contributed by atoms with E-state index in [1.54, 1.807) is 37.4 Å². The summed E-state index contributed by atoms with van der Waals surface area (Å²) in [6.45, 7) is 0. The van der Waals surface area contributed by atoms with Crippen molar-refractivity contribution in [1.82, 2.24) is 10.2 Å². The molecule has 1 amide bonds. The van der Waals surface area contributed by atoms with Crippen molar-refractivity contribution < 1.29 is 19.0 Å². The average Bonchev–Trinajstić information content (AvgIpc) is 2.74. The SMILES string of the molecule is COc1cccc(Nc2ccc(NC(=O)c3c(OC)cccc3OC)nn2)c1. The molecule has 1 aromatic heterocycles. The van der Waals surface area contributed by atoms with E-state index in [0.29, 0.717) is 23.1 Å². The summed E-state index contributed by atoms with van der Waals surface area (Å²) < 4.78 is 15.7. The first-order valence-electron chi connectivity index (χ1n) is 8.41. The highest BCUT2D eigenvalue weighted by Crippen LogP contribution is 2.29. The molecule has 8 nitrogen and oxygen atoms in total. The average molecular weight is 380 g/mol. The summed E-state index contributed by atoms with van der Waals surface area (Å²) in [5.74, 6) is 1.96. The van der Waals surface area contributed by atoms with Gasteiger partial charge in [-0.05, 0) is 36.4 Å². The van der Waals surface area contributed by atoms with Crippen molar-refractivity contribution in [2.24, 2.45) is 0 Å². The fraction of sp³-hybridized carbons (Fsp3) is 0.150. The fourth-order valence-corrected chi connectivity index (χ4v) is 2.57. The smallest absolute Gasteiger partial charge is 0.264 e. The lowest BCUT2D eigenvalue weighted by molar-refractivity contribution is 0.102. The molecule has 0 unspecified atom stereocenters. The first kappa shape index (κ1) is 19.0. The van der Waals surface area contributed by atoms with Crippen molar-refractivity contribution in [3.63, 3.8) is 0 Å². The third-order valence-electron chi connectivity index (χ3n) is 3.90. The Balaban J connectivity index is 1.73. The largest absolute Gasteiger partial charge is 0.497 e. The number of ether oxygens (including phenoxy) is 3. The number of hydrogen-bond donors (Lipinski definition) is 2. The Kier molecular flexibility index (Phi) is 5.91. The molecule has 0 fully saturated rings. The van der Waals surface area contributed by atoms with E-state index < -0.39 is 5.91 Å². The van der Waals surface area contributed by atoms with Crippen molar-refractivity contribution in [2.75, 3.05) is 32.0 Å². The normalized spacial score (nSPS) is 10.1. The van der Waals surface area contributed by atoms with E-state index in [1.807, 2.05) is 24.3 Å². The number of amides is 1. The minimum Gasteiger partial charge on any atom is -0.497 e. The van der Waals surface area contributed by atoms with Crippen molar-refractivity contribution in [2.45, 2.75) is 0 Å². The van der Waals surface area contributed by atoms with Gasteiger partial charge in [-0.2, -0.15) is 0 Å². The summed E-state index contributed by atoms with van der Waals surface area (Å²) in [5, 5.41) is 13.9. The molecule has 0 atom stereocenters. The Morgan fingerprint density at radius 3 is 2.07 bits per heavy atom. The second kappa shape index (κ2) is 8.72. The zero-order valence-corrected chi connectivity index (χ0v) is 15.7. The predicted octanol–water partition coefficient (Wildman–Crippen LogP) is 3.50. The van der Waals surface area contributed by atoms with Gasteiger partial charge in [-0.1, -0.05) is 12.1 Å². The van der Waals surface area contributed by atoms with Crippen LogP contribution < -0.4 is 24.8 Å². The molecule has 0 aliphatic rings. The maximum absolute atomic E-state index is 12.7. The van der Waals surface area contributed by atoms with Crippen LogP contribution >= 0.6 is 0 Å². The van der Waals surface area contributed by atoms with Crippen molar-refractivity contribution in [1.29, 1.82) is 0 Å². The number of aromatic nitrogens is 2. The summed E-state index contributed by atoms with van der Waals surface area (Å²) in [6.07, 6.45) is 0. The standard InChI is InChI=1S/C20H20N4O4/c1-26-14-7-4-6-13(12-14)21-17-10-11-18(24-23-17)22-20(25)19-15(27-2)8-5-9-16(19)28-3/h4-12H,1-3H3,(H,21,23)(H,22,24,25). The molecule has 0 aliphatic carbocycles. The summed E-state index contributed by atoms with van der Waals surface area (Å²) in [5.41, 5.74) is 1.09. The summed E-state index contributed by atoms with van der Waals surface area (Å²) in [7, 11) is 4.59. The molecule has 144 valence electrons. The Labute approximate surface area is 162 Å². The van der Waals surface area contributed by atoms with Crippen LogP contribution in [-0.2, 0) is 0 Å². The molecule has 1 heterocycles. The number of benzene rings is 2. The number of rotatable bonds is 7. The van der Waals surface area contributed by atoms with Gasteiger partial charge in [-0.25, -0.2) is 0 Å². The summed E-state index contributed by atoms with van der Waals surface area (Å²) >= 11 is 0. The molecule has 2 aromatic carbocycles. The number of nitrogens with one attached hydrogen (secondary N) is 2. The Morgan fingerprint density at radius 2 is 1.46 bits per heavy atom. The Morgan fingerprint density at radius 1 is 0.821 bits per heavy atom. The first-order valence-corrected chi connectivity index (χ1v) is 8.41. The van der Waals surface area contributed by atoms with E-state index in [4.69, 9.17) is 14.2 Å². The van der Waals surface area contributed by atoms with Crippen LogP contribution in [0.5, 0.6) is 17.2 Å². The highest BCUT2D eigenvalue weighted by Gasteiger charge is 2.18. The highest BCUT2D eigenvalue weighted by atomic mass is 16.5. The van der Waals surface area contributed by atoms with Crippen molar-refractivity contribution in [3.8, 4) is 17.2 Å². The van der Waals surface area contributed by atoms with Gasteiger partial charge in [0.15, 0.2) is 11.6 Å². The highest BCUT2D eigenvalue weighted by molar-refractivity contribution is 6.07. The molecule has 2 N–H and O–H groups in total. The molecule has 8 heteroatoms. The van der Waals surface area contributed by atoms with Crippen LogP contribution in [-0.4, -0.2) is 37.4 Å². The maximum atomic E-state index is 12.7. The third kappa shape index (κ3) is 4.29. The zero-order valence-electron chi connectivity index (χ0n) is 15.7. The van der Waals surface area contributed by atoms with Gasteiger partial charge in [0.25, 0.3) is 5.91 Å². The molecule has 3 rings (SSSR count). The van der Waals surface area contributed by atoms with E-state index in [0.717, 1.165) is 11.4 Å². The van der Waals surface area contributed by atoms with Gasteiger partial charge >= 0.3 is 0 Å². The molecule has 0 spiro atoms. The number of nitrogens with zero attached hydrogens (tertiary/aromatic N) is 2. The van der Waals surface area contributed by atoms with Crippen molar-refractivity contribution in [3.05, 3.63) is 60.2 Å². The second-order valence-electron chi connectivity index (χ2n) is 5.65. The van der Waals surface area contributed by atoms with Gasteiger partial charge in [-0.3, -0.25) is 4.79 Å². The molecule has 28 heavy (non-hydrogen) atoms. The lowest BCUT2D eigenvalue weighted by Gasteiger charge is -2.12. The van der Waals surface area contributed by atoms with Crippen LogP contribution in [0.1, 0.15) is 10.4 Å². The number of hydrogen-bond acceptors (Lipinski definition) is 7. The number of carbonyl (C=O) groups excluding carboxylic acids is 1. The number of anilines is 3. The molecule has 0 saturated carbocycles. The van der Waals surface area contributed by atoms with E-state index in [-0.39, 0.29) is 5.56 Å². The molecule has 0 saturated heterocycles. The Hall–Kier alpha value is -3.81. The molecule has 0 radical (unpaired) electrons. The molecule has 3 aromatic rings. The van der Waals surface area contributed by atoms with Gasteiger partial charge in [0.05, 0.1) is 21.3 Å². The van der Waals surface area contributed by atoms with E-state index in [9.17, 15) is 4.79 Å². The predicted molar refractivity (Wildman–Crippen MR) is 106 cm³/mol. The first-order chi connectivity index (χ1) is 13.6. The summed E-state index contributed by atoms with van der Waals surface area (Å²) in [4.78, 5) is 12.7. The molecular formula is C20H20N4O4. The van der Waals surface area contributed by atoms with Crippen LogP contribution in [0, 0.1) is 0 Å². The van der Waals surface area contributed by atoms with Crippen LogP contribution in [0.2, 0.25) is 0 Å². The van der Waals surface area contributed by atoms with Gasteiger partial charge in [0.2, 0.25) is 0 Å². The van der Waals surface area contributed by atoms with Crippen LogP contribution in [0.3, 0.4) is 0 Å². The quantitative estimate of drug-likeness (QED) is 0.648. The van der Waals surface area contributed by atoms with Gasteiger partial charge in [0.1, 0.15) is 22.8 Å². The zero-order chi connectivity index (χ0) is 19.9. The van der Waals surface area contributed by atoms with E-state index in [1.165, 1.54) is 14.2 Å². The van der Waals surface area contributed by atoms with Gasteiger partial charge in [-0.15, -0.1) is 10.2 Å². The minimum atomic E-state index is -0.405. The minimum absolute atomic E-state index is 0.285. The molecular weight excluding hydrogens is 360 g/mol. The number of methoxy groups -OCH3 is 3.